The van der Waals surface area contributed by atoms with E-state index < -0.39 is 0 Å². The molecule has 0 saturated heterocycles. The molecule has 0 aromatic rings. The number of unbranched alkanes of at least 4 members (excludes halogenated alkanes) is 1. The van der Waals surface area contributed by atoms with Gasteiger partial charge in [0, 0.05) is 12.6 Å². The Morgan fingerprint density at radius 2 is 1.80 bits per heavy atom. The third-order valence-electron chi connectivity index (χ3n) is 5.95. The van der Waals surface area contributed by atoms with Crippen molar-refractivity contribution < 1.29 is 0 Å². The van der Waals surface area contributed by atoms with Gasteiger partial charge in [0.05, 0.1) is 0 Å². The van der Waals surface area contributed by atoms with Crippen LogP contribution in [0.2, 0.25) is 0 Å². The van der Waals surface area contributed by atoms with Crippen molar-refractivity contribution in [1.82, 2.24) is 5.32 Å². The maximum absolute atomic E-state index is 3.85. The molecule has 0 radical (unpaired) electrons. The average molecular weight is 280 g/mol. The van der Waals surface area contributed by atoms with E-state index in [4.69, 9.17) is 0 Å². The standard InChI is InChI=1S/C19H37N/c1-4-6-7-17-10-12-19(13-11-17,14-16(3)5-2)15-20-18-8-9-18/h16-18,20H,4-15H2,1-3H3. The average Bonchev–Trinajstić information content (AvgIpc) is 3.29. The van der Waals surface area contributed by atoms with Crippen LogP contribution in [0.5, 0.6) is 0 Å². The van der Waals surface area contributed by atoms with E-state index in [0.29, 0.717) is 5.41 Å². The van der Waals surface area contributed by atoms with Crippen molar-refractivity contribution in [2.24, 2.45) is 17.3 Å². The van der Waals surface area contributed by atoms with Gasteiger partial charge in [-0.1, -0.05) is 46.5 Å². The summed E-state index contributed by atoms with van der Waals surface area (Å²) in [6.45, 7) is 8.46. The molecule has 0 spiro atoms. The molecule has 0 aliphatic heterocycles. The zero-order valence-electron chi connectivity index (χ0n) is 14.2. The highest BCUT2D eigenvalue weighted by molar-refractivity contribution is 4.91. The monoisotopic (exact) mass is 279 g/mol. The lowest BCUT2D eigenvalue weighted by Gasteiger charge is -2.42. The fourth-order valence-corrected chi connectivity index (χ4v) is 4.06. The molecule has 2 saturated carbocycles. The molecule has 2 aliphatic carbocycles. The van der Waals surface area contributed by atoms with E-state index in [9.17, 15) is 0 Å². The van der Waals surface area contributed by atoms with Crippen molar-refractivity contribution in [3.63, 3.8) is 0 Å². The Balaban J connectivity index is 1.83. The highest BCUT2D eigenvalue weighted by Crippen LogP contribution is 2.45. The maximum Gasteiger partial charge on any atom is 0.00684 e. The van der Waals surface area contributed by atoms with Gasteiger partial charge in [-0.25, -0.2) is 0 Å². The van der Waals surface area contributed by atoms with Gasteiger partial charge in [-0.15, -0.1) is 0 Å². The largest absolute Gasteiger partial charge is 0.313 e. The smallest absolute Gasteiger partial charge is 0.00684 e. The van der Waals surface area contributed by atoms with Crippen LogP contribution in [-0.2, 0) is 0 Å². The lowest BCUT2D eigenvalue weighted by molar-refractivity contribution is 0.107. The van der Waals surface area contributed by atoms with Gasteiger partial charge in [-0.2, -0.15) is 0 Å². The summed E-state index contributed by atoms with van der Waals surface area (Å²) in [4.78, 5) is 0. The van der Waals surface area contributed by atoms with E-state index in [2.05, 4.69) is 26.1 Å². The Labute approximate surface area is 127 Å². The Kier molecular flexibility index (Phi) is 6.39. The van der Waals surface area contributed by atoms with Crippen LogP contribution < -0.4 is 5.32 Å². The molecule has 0 amide bonds. The van der Waals surface area contributed by atoms with Crippen LogP contribution in [0.1, 0.15) is 91.4 Å². The molecular weight excluding hydrogens is 242 g/mol. The molecule has 1 nitrogen and oxygen atoms in total. The van der Waals surface area contributed by atoms with Gasteiger partial charge >= 0.3 is 0 Å². The first kappa shape index (κ1) is 16.3. The topological polar surface area (TPSA) is 12.0 Å². The third kappa shape index (κ3) is 5.06. The van der Waals surface area contributed by atoms with E-state index in [1.165, 1.54) is 77.2 Å². The number of rotatable bonds is 9. The lowest BCUT2D eigenvalue weighted by atomic mass is 9.65. The van der Waals surface area contributed by atoms with Gasteiger partial charge in [0.15, 0.2) is 0 Å². The first-order valence-electron chi connectivity index (χ1n) is 9.41. The Morgan fingerprint density at radius 1 is 1.10 bits per heavy atom. The molecule has 2 rings (SSSR count). The molecule has 1 heteroatoms. The van der Waals surface area contributed by atoms with E-state index in [-0.39, 0.29) is 0 Å². The molecule has 1 unspecified atom stereocenters. The minimum Gasteiger partial charge on any atom is -0.313 e. The first-order valence-corrected chi connectivity index (χ1v) is 9.41. The van der Waals surface area contributed by atoms with Crippen molar-refractivity contribution in [3.8, 4) is 0 Å². The van der Waals surface area contributed by atoms with Crippen LogP contribution in [-0.4, -0.2) is 12.6 Å². The summed E-state index contributed by atoms with van der Waals surface area (Å²) in [7, 11) is 0. The molecule has 0 bridgehead atoms. The van der Waals surface area contributed by atoms with Crippen LogP contribution in [0.4, 0.5) is 0 Å². The van der Waals surface area contributed by atoms with Crippen molar-refractivity contribution >= 4 is 0 Å². The van der Waals surface area contributed by atoms with Crippen LogP contribution in [0.25, 0.3) is 0 Å². The molecule has 2 aliphatic rings. The molecular formula is C19H37N. The number of hydrogen-bond acceptors (Lipinski definition) is 1. The molecule has 1 atom stereocenters. The highest BCUT2D eigenvalue weighted by atomic mass is 15.0. The Hall–Kier alpha value is -0.0400. The van der Waals surface area contributed by atoms with Crippen LogP contribution in [0.15, 0.2) is 0 Å². The summed E-state index contributed by atoms with van der Waals surface area (Å²) >= 11 is 0. The van der Waals surface area contributed by atoms with E-state index >= 15 is 0 Å². The summed E-state index contributed by atoms with van der Waals surface area (Å²) in [6.07, 6.45) is 16.0. The molecule has 2 fully saturated rings. The first-order chi connectivity index (χ1) is 9.67. The van der Waals surface area contributed by atoms with Gasteiger partial charge in [-0.05, 0) is 62.2 Å². The van der Waals surface area contributed by atoms with Gasteiger partial charge in [0.1, 0.15) is 0 Å². The second kappa shape index (κ2) is 7.82. The van der Waals surface area contributed by atoms with Crippen molar-refractivity contribution in [2.75, 3.05) is 6.54 Å². The predicted octanol–water partition coefficient (Wildman–Crippen LogP) is 5.54. The van der Waals surface area contributed by atoms with Crippen LogP contribution in [0, 0.1) is 17.3 Å². The predicted molar refractivity (Wildman–Crippen MR) is 89.0 cm³/mol. The normalized spacial score (nSPS) is 32.2. The number of hydrogen-bond donors (Lipinski definition) is 1. The van der Waals surface area contributed by atoms with E-state index in [1.54, 1.807) is 0 Å². The van der Waals surface area contributed by atoms with Gasteiger partial charge in [0.25, 0.3) is 0 Å². The third-order valence-corrected chi connectivity index (χ3v) is 5.95. The highest BCUT2D eigenvalue weighted by Gasteiger charge is 2.37. The van der Waals surface area contributed by atoms with Crippen LogP contribution in [0.3, 0.4) is 0 Å². The van der Waals surface area contributed by atoms with Gasteiger partial charge in [-0.3, -0.25) is 0 Å². The van der Waals surface area contributed by atoms with Crippen LogP contribution >= 0.6 is 0 Å². The Bertz CT molecular complexity index is 261. The fraction of sp³-hybridized carbons (Fsp3) is 1.00. The quantitative estimate of drug-likeness (QED) is 0.584. The van der Waals surface area contributed by atoms with Crippen molar-refractivity contribution in [2.45, 2.75) is 97.4 Å². The SMILES string of the molecule is CCCCC1CCC(CNC2CC2)(CC(C)CC)CC1. The lowest BCUT2D eigenvalue weighted by Crippen LogP contribution is -2.39. The minimum atomic E-state index is 0.640. The zero-order chi connectivity index (χ0) is 14.4. The second-order valence-corrected chi connectivity index (χ2v) is 7.96. The van der Waals surface area contributed by atoms with Crippen molar-refractivity contribution in [1.29, 1.82) is 0 Å². The molecule has 0 heterocycles. The summed E-state index contributed by atoms with van der Waals surface area (Å²) in [6, 6.07) is 0.877. The van der Waals surface area contributed by atoms with Crippen molar-refractivity contribution in [3.05, 3.63) is 0 Å². The van der Waals surface area contributed by atoms with Gasteiger partial charge < -0.3 is 5.32 Å². The molecule has 20 heavy (non-hydrogen) atoms. The summed E-state index contributed by atoms with van der Waals surface area (Å²) < 4.78 is 0. The zero-order valence-corrected chi connectivity index (χ0v) is 14.2. The number of nitrogens with one attached hydrogen (secondary N) is 1. The molecule has 118 valence electrons. The minimum absolute atomic E-state index is 0.640. The molecule has 0 aromatic heterocycles. The van der Waals surface area contributed by atoms with E-state index in [0.717, 1.165) is 17.9 Å². The summed E-state index contributed by atoms with van der Waals surface area (Å²) in [5, 5.41) is 3.85. The second-order valence-electron chi connectivity index (χ2n) is 7.96. The molecule has 0 aromatic carbocycles. The fourth-order valence-electron chi connectivity index (χ4n) is 4.06. The summed E-state index contributed by atoms with van der Waals surface area (Å²) in [5.74, 6) is 1.95. The van der Waals surface area contributed by atoms with E-state index in [1.807, 2.05) is 0 Å². The maximum atomic E-state index is 3.85. The molecule has 1 N–H and O–H groups in total. The van der Waals surface area contributed by atoms with Gasteiger partial charge in [0.2, 0.25) is 0 Å². The summed E-state index contributed by atoms with van der Waals surface area (Å²) in [5.41, 5.74) is 0.640. The Morgan fingerprint density at radius 3 is 2.35 bits per heavy atom.